The molecule has 0 aromatic carbocycles. The summed E-state index contributed by atoms with van der Waals surface area (Å²) >= 11 is 1.80. The van der Waals surface area contributed by atoms with Crippen LogP contribution in [-0.4, -0.2) is 34.2 Å². The monoisotopic (exact) mass is 225 g/mol. The van der Waals surface area contributed by atoms with Crippen LogP contribution in [0.4, 0.5) is 0 Å². The maximum atomic E-state index is 4.49. The predicted molar refractivity (Wildman–Crippen MR) is 66.5 cm³/mol. The molecule has 0 unspecified atom stereocenters. The maximum Gasteiger partial charge on any atom is 0.0936 e. The van der Waals surface area contributed by atoms with Crippen LogP contribution in [0.3, 0.4) is 0 Å². The molecule has 0 spiro atoms. The number of hydrogen-bond donors (Lipinski definition) is 0. The Kier molecular flexibility index (Phi) is 2.71. The Hall–Kier alpha value is -0.640. The predicted octanol–water partition coefficient (Wildman–Crippen LogP) is 2.67. The van der Waals surface area contributed by atoms with Crippen LogP contribution in [0.5, 0.6) is 0 Å². The van der Waals surface area contributed by atoms with Gasteiger partial charge in [0, 0.05) is 0 Å². The van der Waals surface area contributed by atoms with Gasteiger partial charge >= 0.3 is 0 Å². The van der Waals surface area contributed by atoms with E-state index in [4.69, 9.17) is 0 Å². The highest BCUT2D eigenvalue weighted by molar-refractivity contribution is 8.02. The first-order valence-electron chi connectivity index (χ1n) is 5.41. The lowest BCUT2D eigenvalue weighted by molar-refractivity contribution is -0.0648. The zero-order valence-corrected chi connectivity index (χ0v) is 10.7. The Morgan fingerprint density at radius 3 is 2.53 bits per heavy atom. The van der Waals surface area contributed by atoms with Crippen LogP contribution in [0, 0.1) is 0 Å². The highest BCUT2D eigenvalue weighted by atomic mass is 32.2. The van der Waals surface area contributed by atoms with E-state index in [1.54, 1.807) is 11.8 Å². The van der Waals surface area contributed by atoms with Crippen molar-refractivity contribution in [2.45, 2.75) is 45.2 Å². The summed E-state index contributed by atoms with van der Waals surface area (Å²) in [4.78, 5) is 0. The van der Waals surface area contributed by atoms with E-state index in [9.17, 15) is 0 Å². The minimum Gasteiger partial charge on any atom is -0.260 e. The molecule has 2 aliphatic rings. The maximum absolute atomic E-state index is 4.49. The molecule has 2 rings (SSSR count). The molecular weight excluding hydrogens is 206 g/mol. The van der Waals surface area contributed by atoms with Crippen LogP contribution in [0.1, 0.15) is 33.6 Å². The van der Waals surface area contributed by atoms with Crippen molar-refractivity contribution in [1.29, 1.82) is 0 Å². The Bertz CT molecular complexity index is 299. The lowest BCUT2D eigenvalue weighted by Crippen LogP contribution is -2.51. The molecule has 0 saturated heterocycles. The molecule has 4 heteroatoms. The fourth-order valence-corrected chi connectivity index (χ4v) is 2.31. The smallest absolute Gasteiger partial charge is 0.0936 e. The van der Waals surface area contributed by atoms with Crippen molar-refractivity contribution in [3.8, 4) is 0 Å². The molecule has 1 heterocycles. The Morgan fingerprint density at radius 1 is 1.40 bits per heavy atom. The first kappa shape index (κ1) is 10.9. The van der Waals surface area contributed by atoms with Gasteiger partial charge in [0.05, 0.1) is 22.8 Å². The normalized spacial score (nSPS) is 22.0. The Balaban J connectivity index is 2.24. The van der Waals surface area contributed by atoms with Gasteiger partial charge in [-0.05, 0) is 45.9 Å². The highest BCUT2D eigenvalue weighted by Gasteiger charge is 2.39. The van der Waals surface area contributed by atoms with Crippen LogP contribution < -0.4 is 0 Å². The minimum atomic E-state index is 0.0499. The average Bonchev–Trinajstić information content (AvgIpc) is 2.98. The van der Waals surface area contributed by atoms with Gasteiger partial charge in [0.25, 0.3) is 0 Å². The van der Waals surface area contributed by atoms with Crippen molar-refractivity contribution in [3.63, 3.8) is 0 Å². The van der Waals surface area contributed by atoms with Gasteiger partial charge < -0.3 is 0 Å². The lowest BCUT2D eigenvalue weighted by atomic mass is 10.1. The van der Waals surface area contributed by atoms with E-state index in [0.717, 1.165) is 0 Å². The summed E-state index contributed by atoms with van der Waals surface area (Å²) in [6.45, 7) is 6.59. The van der Waals surface area contributed by atoms with Crippen molar-refractivity contribution < 1.29 is 0 Å². The van der Waals surface area contributed by atoms with Crippen molar-refractivity contribution >= 4 is 18.0 Å². The number of allylic oxidation sites excluding steroid dienone is 1. The molecule has 15 heavy (non-hydrogen) atoms. The lowest BCUT2D eigenvalue weighted by Gasteiger charge is -2.44. The number of hydrazine groups is 1. The molecule has 0 radical (unpaired) electrons. The van der Waals surface area contributed by atoms with Crippen molar-refractivity contribution in [1.82, 2.24) is 10.1 Å². The van der Waals surface area contributed by atoms with Crippen molar-refractivity contribution in [2.75, 3.05) is 6.26 Å². The Labute approximate surface area is 96.2 Å². The fraction of sp³-hybridized carbons (Fsp3) is 0.727. The molecule has 1 aliphatic carbocycles. The summed E-state index contributed by atoms with van der Waals surface area (Å²) < 4.78 is 0. The minimum absolute atomic E-state index is 0.0499. The summed E-state index contributed by atoms with van der Waals surface area (Å²) in [6, 6.07) is 0.667. The zero-order chi connectivity index (χ0) is 11.1. The molecule has 0 N–H and O–H groups in total. The van der Waals surface area contributed by atoms with E-state index in [0.29, 0.717) is 6.04 Å². The third kappa shape index (κ3) is 2.14. The van der Waals surface area contributed by atoms with Gasteiger partial charge in [0.15, 0.2) is 0 Å². The van der Waals surface area contributed by atoms with Gasteiger partial charge in [0.2, 0.25) is 0 Å². The molecule has 3 nitrogen and oxygen atoms in total. The molecule has 0 aromatic heterocycles. The second-order valence-electron chi connectivity index (χ2n) is 5.01. The van der Waals surface area contributed by atoms with E-state index < -0.39 is 0 Å². The van der Waals surface area contributed by atoms with Crippen LogP contribution in [0.2, 0.25) is 0 Å². The van der Waals surface area contributed by atoms with Crippen LogP contribution in [0.15, 0.2) is 16.2 Å². The van der Waals surface area contributed by atoms with Gasteiger partial charge in [-0.2, -0.15) is 10.2 Å². The second-order valence-corrected chi connectivity index (χ2v) is 5.84. The van der Waals surface area contributed by atoms with E-state index in [-0.39, 0.29) is 5.54 Å². The number of hydrazone groups is 1. The summed E-state index contributed by atoms with van der Waals surface area (Å²) in [6.07, 6.45) is 8.71. The fourth-order valence-electron chi connectivity index (χ4n) is 1.70. The van der Waals surface area contributed by atoms with E-state index in [2.05, 4.69) is 48.3 Å². The van der Waals surface area contributed by atoms with E-state index >= 15 is 0 Å². The quantitative estimate of drug-likeness (QED) is 0.720. The number of hydrogen-bond acceptors (Lipinski definition) is 4. The van der Waals surface area contributed by atoms with Gasteiger partial charge in [-0.3, -0.25) is 5.01 Å². The molecule has 0 atom stereocenters. The molecule has 1 saturated carbocycles. The van der Waals surface area contributed by atoms with E-state index in [1.807, 2.05) is 6.21 Å². The van der Waals surface area contributed by atoms with Gasteiger partial charge in [-0.25, -0.2) is 0 Å². The van der Waals surface area contributed by atoms with Crippen LogP contribution in [-0.2, 0) is 0 Å². The SMILES string of the molecule is CSC1=CC=NN(C(C)(C)C)N1C1CC1. The van der Waals surface area contributed by atoms with E-state index in [1.165, 1.54) is 17.9 Å². The largest absolute Gasteiger partial charge is 0.260 e. The third-order valence-electron chi connectivity index (χ3n) is 2.52. The van der Waals surface area contributed by atoms with Gasteiger partial charge in [0.1, 0.15) is 0 Å². The second kappa shape index (κ2) is 3.74. The number of rotatable bonds is 2. The summed E-state index contributed by atoms with van der Waals surface area (Å²) in [5.74, 6) is 0. The summed E-state index contributed by atoms with van der Waals surface area (Å²) in [7, 11) is 0. The molecule has 1 aliphatic heterocycles. The van der Waals surface area contributed by atoms with Crippen LogP contribution >= 0.6 is 11.8 Å². The average molecular weight is 225 g/mol. The molecule has 84 valence electrons. The highest BCUT2D eigenvalue weighted by Crippen LogP contribution is 2.38. The summed E-state index contributed by atoms with van der Waals surface area (Å²) in [5, 5.41) is 10.3. The number of nitrogens with zero attached hydrogens (tertiary/aromatic N) is 3. The number of thioether (sulfide) groups is 1. The first-order valence-corrected chi connectivity index (χ1v) is 6.64. The van der Waals surface area contributed by atoms with Gasteiger partial charge in [-0.15, -0.1) is 11.8 Å². The molecule has 1 fully saturated rings. The third-order valence-corrected chi connectivity index (χ3v) is 3.27. The topological polar surface area (TPSA) is 18.8 Å². The van der Waals surface area contributed by atoms with Crippen molar-refractivity contribution in [2.24, 2.45) is 5.10 Å². The molecular formula is C11H19N3S. The molecule has 0 bridgehead atoms. The molecule has 0 aromatic rings. The van der Waals surface area contributed by atoms with Crippen LogP contribution in [0.25, 0.3) is 0 Å². The summed E-state index contributed by atoms with van der Waals surface area (Å²) in [5.41, 5.74) is 0.0499. The Morgan fingerprint density at radius 2 is 2.07 bits per heavy atom. The molecule has 0 amide bonds. The zero-order valence-electron chi connectivity index (χ0n) is 9.90. The van der Waals surface area contributed by atoms with Crippen molar-refractivity contribution in [3.05, 3.63) is 11.1 Å². The van der Waals surface area contributed by atoms with Gasteiger partial charge in [-0.1, -0.05) is 0 Å². The standard InChI is InChI=1S/C11H19N3S/c1-11(2,3)14-12-8-7-10(15-4)13(14)9-5-6-9/h7-9H,5-6H2,1-4H3. The first-order chi connectivity index (χ1) is 7.04.